The molecule has 1 atom stereocenters. The van der Waals surface area contributed by atoms with Gasteiger partial charge in [0.25, 0.3) is 5.91 Å². The van der Waals surface area contributed by atoms with Crippen LogP contribution in [-0.4, -0.2) is 35.4 Å². The average molecular weight is 493 g/mol. The molecular formula is C26H34Cl2N2O3. The molecule has 0 aromatic heterocycles. The Kier molecular flexibility index (Phi) is 9.62. The van der Waals surface area contributed by atoms with Gasteiger partial charge in [-0.25, -0.2) is 0 Å². The van der Waals surface area contributed by atoms with E-state index >= 15 is 0 Å². The van der Waals surface area contributed by atoms with Gasteiger partial charge in [-0.1, -0.05) is 75.2 Å². The first kappa shape index (κ1) is 27.0. The second-order valence-electron chi connectivity index (χ2n) is 9.34. The third-order valence-electron chi connectivity index (χ3n) is 5.25. The highest BCUT2D eigenvalue weighted by Gasteiger charge is 2.30. The number of hydrogen-bond donors (Lipinski definition) is 1. The van der Waals surface area contributed by atoms with Gasteiger partial charge in [-0.05, 0) is 49.4 Å². The van der Waals surface area contributed by atoms with Crippen molar-refractivity contribution < 1.29 is 14.3 Å². The summed E-state index contributed by atoms with van der Waals surface area (Å²) in [5, 5.41) is 3.79. The van der Waals surface area contributed by atoms with Crippen LogP contribution in [0.2, 0.25) is 10.0 Å². The summed E-state index contributed by atoms with van der Waals surface area (Å²) in [6, 6.07) is 12.1. The third-order valence-corrected chi connectivity index (χ3v) is 5.96. The molecule has 2 amide bonds. The number of ether oxygens (including phenoxy) is 1. The number of nitrogens with zero attached hydrogens (tertiary/aromatic N) is 1. The monoisotopic (exact) mass is 492 g/mol. The van der Waals surface area contributed by atoms with Crippen LogP contribution in [0.1, 0.15) is 59.1 Å². The Hall–Kier alpha value is -2.24. The van der Waals surface area contributed by atoms with E-state index in [0.29, 0.717) is 27.8 Å². The van der Waals surface area contributed by atoms with E-state index < -0.39 is 6.04 Å². The molecule has 2 aromatic rings. The minimum Gasteiger partial charge on any atom is -0.483 e. The molecule has 1 unspecified atom stereocenters. The summed E-state index contributed by atoms with van der Waals surface area (Å²) < 4.78 is 5.97. The van der Waals surface area contributed by atoms with Crippen LogP contribution < -0.4 is 10.1 Å². The van der Waals surface area contributed by atoms with Gasteiger partial charge >= 0.3 is 0 Å². The van der Waals surface area contributed by atoms with Crippen molar-refractivity contribution in [2.45, 2.75) is 72.0 Å². The van der Waals surface area contributed by atoms with Gasteiger partial charge in [0.05, 0.1) is 0 Å². The molecule has 180 valence electrons. The average Bonchev–Trinajstić information content (AvgIpc) is 2.73. The molecule has 0 radical (unpaired) electrons. The Balaban J connectivity index is 2.34. The van der Waals surface area contributed by atoms with Crippen molar-refractivity contribution in [3.63, 3.8) is 0 Å². The van der Waals surface area contributed by atoms with Crippen molar-refractivity contribution in [3.05, 3.63) is 63.6 Å². The smallest absolute Gasteiger partial charge is 0.261 e. The molecule has 0 heterocycles. The van der Waals surface area contributed by atoms with Gasteiger partial charge in [-0.15, -0.1) is 0 Å². The van der Waals surface area contributed by atoms with E-state index in [-0.39, 0.29) is 36.4 Å². The maximum atomic E-state index is 13.4. The fraction of sp³-hybridized carbons (Fsp3) is 0.462. The number of carbonyl (C=O) groups is 2. The Morgan fingerprint density at radius 1 is 1.03 bits per heavy atom. The Morgan fingerprint density at radius 3 is 2.18 bits per heavy atom. The van der Waals surface area contributed by atoms with E-state index in [1.807, 2.05) is 45.0 Å². The van der Waals surface area contributed by atoms with Crippen molar-refractivity contribution >= 4 is 35.0 Å². The first-order chi connectivity index (χ1) is 15.5. The number of benzene rings is 2. The van der Waals surface area contributed by atoms with Gasteiger partial charge in [0, 0.05) is 28.2 Å². The summed E-state index contributed by atoms with van der Waals surface area (Å²) in [7, 11) is 0. The SMILES string of the molecule is CCC(C(=O)NC(C)C)N(Cc1c(Cl)cccc1Cl)C(=O)COc1ccccc1C(C)(C)C. The third kappa shape index (κ3) is 7.38. The number of para-hydroxylation sites is 1. The molecule has 0 aliphatic heterocycles. The fourth-order valence-corrected chi connectivity index (χ4v) is 4.11. The van der Waals surface area contributed by atoms with E-state index in [0.717, 1.165) is 5.56 Å². The highest BCUT2D eigenvalue weighted by Crippen LogP contribution is 2.31. The van der Waals surface area contributed by atoms with E-state index in [4.69, 9.17) is 27.9 Å². The molecule has 2 rings (SSSR count). The number of halogens is 2. The number of carbonyl (C=O) groups excluding carboxylic acids is 2. The zero-order valence-corrected chi connectivity index (χ0v) is 21.8. The molecule has 0 bridgehead atoms. The highest BCUT2D eigenvalue weighted by molar-refractivity contribution is 6.36. The molecule has 0 saturated carbocycles. The van der Waals surface area contributed by atoms with Crippen molar-refractivity contribution in [2.24, 2.45) is 0 Å². The molecule has 0 fully saturated rings. The quantitative estimate of drug-likeness (QED) is 0.466. The maximum Gasteiger partial charge on any atom is 0.261 e. The van der Waals surface area contributed by atoms with E-state index in [1.54, 1.807) is 18.2 Å². The summed E-state index contributed by atoms with van der Waals surface area (Å²) in [5.41, 5.74) is 1.45. The predicted octanol–water partition coefficient (Wildman–Crippen LogP) is 6.00. The van der Waals surface area contributed by atoms with Crippen LogP contribution in [0.15, 0.2) is 42.5 Å². The van der Waals surface area contributed by atoms with E-state index in [1.165, 1.54) is 4.90 Å². The largest absolute Gasteiger partial charge is 0.483 e. The van der Waals surface area contributed by atoms with E-state index in [2.05, 4.69) is 26.1 Å². The predicted molar refractivity (Wildman–Crippen MR) is 135 cm³/mol. The van der Waals surface area contributed by atoms with Gasteiger partial charge in [0.15, 0.2) is 6.61 Å². The first-order valence-electron chi connectivity index (χ1n) is 11.2. The van der Waals surface area contributed by atoms with Gasteiger partial charge in [-0.2, -0.15) is 0 Å². The van der Waals surface area contributed by atoms with Gasteiger partial charge in [0.2, 0.25) is 5.91 Å². The molecule has 0 spiro atoms. The Labute approximate surface area is 207 Å². The van der Waals surface area contributed by atoms with Gasteiger partial charge < -0.3 is 15.0 Å². The van der Waals surface area contributed by atoms with Crippen molar-refractivity contribution in [3.8, 4) is 5.75 Å². The molecule has 33 heavy (non-hydrogen) atoms. The Morgan fingerprint density at radius 2 is 1.64 bits per heavy atom. The second kappa shape index (κ2) is 11.8. The second-order valence-corrected chi connectivity index (χ2v) is 10.2. The van der Waals surface area contributed by atoms with Gasteiger partial charge in [-0.3, -0.25) is 9.59 Å². The van der Waals surface area contributed by atoms with Crippen molar-refractivity contribution in [1.82, 2.24) is 10.2 Å². The van der Waals surface area contributed by atoms with Gasteiger partial charge in [0.1, 0.15) is 11.8 Å². The summed E-state index contributed by atoms with van der Waals surface area (Å²) in [6.45, 7) is 11.8. The zero-order valence-electron chi connectivity index (χ0n) is 20.2. The number of rotatable bonds is 9. The lowest BCUT2D eigenvalue weighted by Gasteiger charge is -2.32. The summed E-state index contributed by atoms with van der Waals surface area (Å²) in [6.07, 6.45) is 0.435. The first-order valence-corrected chi connectivity index (χ1v) is 12.0. The normalized spacial score (nSPS) is 12.4. The van der Waals surface area contributed by atoms with Crippen LogP contribution in [0.4, 0.5) is 0 Å². The molecule has 0 saturated heterocycles. The standard InChI is InChI=1S/C26H34Cl2N2O3/c1-7-22(25(32)29-17(2)3)30(15-18-20(27)12-10-13-21(18)28)24(31)16-33-23-14-9-8-11-19(23)26(4,5)6/h8-14,17,22H,7,15-16H2,1-6H3,(H,29,32). The van der Waals surface area contributed by atoms with Crippen LogP contribution in [-0.2, 0) is 21.5 Å². The zero-order chi connectivity index (χ0) is 24.8. The topological polar surface area (TPSA) is 58.6 Å². The highest BCUT2D eigenvalue weighted by atomic mass is 35.5. The summed E-state index contributed by atoms with van der Waals surface area (Å²) in [5.74, 6) is 0.105. The molecule has 1 N–H and O–H groups in total. The van der Waals surface area contributed by atoms with Crippen LogP contribution >= 0.6 is 23.2 Å². The molecule has 0 aliphatic carbocycles. The van der Waals surface area contributed by atoms with Crippen molar-refractivity contribution in [1.29, 1.82) is 0 Å². The lowest BCUT2D eigenvalue weighted by Crippen LogP contribution is -2.51. The maximum absolute atomic E-state index is 13.4. The minimum atomic E-state index is -0.686. The van der Waals surface area contributed by atoms with E-state index in [9.17, 15) is 9.59 Å². The molecule has 2 aromatic carbocycles. The number of hydrogen-bond acceptors (Lipinski definition) is 3. The Bertz CT molecular complexity index is 950. The minimum absolute atomic E-state index is 0.0534. The molecule has 0 aliphatic rings. The molecule has 7 heteroatoms. The molecular weight excluding hydrogens is 459 g/mol. The van der Waals surface area contributed by atoms with Crippen LogP contribution in [0.25, 0.3) is 0 Å². The van der Waals surface area contributed by atoms with Crippen molar-refractivity contribution in [2.75, 3.05) is 6.61 Å². The van der Waals surface area contributed by atoms with Crippen LogP contribution in [0.3, 0.4) is 0 Å². The summed E-state index contributed by atoms with van der Waals surface area (Å²) >= 11 is 12.8. The van der Waals surface area contributed by atoms with Crippen LogP contribution in [0.5, 0.6) is 5.75 Å². The molecule has 5 nitrogen and oxygen atoms in total. The number of nitrogens with one attached hydrogen (secondary N) is 1. The lowest BCUT2D eigenvalue weighted by molar-refractivity contribution is -0.143. The lowest BCUT2D eigenvalue weighted by atomic mass is 9.86. The number of amides is 2. The van der Waals surface area contributed by atoms with Crippen LogP contribution in [0, 0.1) is 0 Å². The summed E-state index contributed by atoms with van der Waals surface area (Å²) in [4.78, 5) is 27.9. The fourth-order valence-electron chi connectivity index (χ4n) is 3.59.